The van der Waals surface area contributed by atoms with Gasteiger partial charge >= 0.3 is 0 Å². The molecule has 1 aromatic carbocycles. The number of aromatic nitrogens is 4. The Hall–Kier alpha value is -2.02. The lowest BCUT2D eigenvalue weighted by atomic mass is 10.1. The van der Waals surface area contributed by atoms with Gasteiger partial charge in [-0.2, -0.15) is 5.26 Å². The quantitative estimate of drug-likeness (QED) is 0.299. The molecule has 4 rings (SSSR count). The van der Waals surface area contributed by atoms with E-state index in [4.69, 9.17) is 0 Å². The molecule has 3 aromatic rings. The molecule has 28 heavy (non-hydrogen) atoms. The summed E-state index contributed by atoms with van der Waals surface area (Å²) >= 11 is 2.32. The number of hydrazine groups is 1. The molecule has 2 unspecified atom stereocenters. The van der Waals surface area contributed by atoms with Crippen LogP contribution in [0, 0.1) is 17.2 Å². The Labute approximate surface area is 178 Å². The van der Waals surface area contributed by atoms with Crippen LogP contribution in [0.25, 0.3) is 11.2 Å². The summed E-state index contributed by atoms with van der Waals surface area (Å²) in [6.07, 6.45) is 4.60. The summed E-state index contributed by atoms with van der Waals surface area (Å²) in [5.41, 5.74) is 2.68. The molecule has 0 radical (unpaired) electrons. The zero-order valence-corrected chi connectivity index (χ0v) is 18.7. The van der Waals surface area contributed by atoms with E-state index in [2.05, 4.69) is 70.1 Å². The van der Waals surface area contributed by atoms with Crippen LogP contribution >= 0.6 is 28.4 Å². The van der Waals surface area contributed by atoms with Crippen molar-refractivity contribution in [3.8, 4) is 6.07 Å². The first-order valence-corrected chi connectivity index (χ1v) is 12.9. The molecule has 144 valence electrons. The summed E-state index contributed by atoms with van der Waals surface area (Å²) in [6.45, 7) is 0.615. The molecule has 1 aliphatic heterocycles. The zero-order chi connectivity index (χ0) is 19.7. The van der Waals surface area contributed by atoms with E-state index in [1.165, 1.54) is 0 Å². The number of nitriles is 1. The number of anilines is 2. The SMILES string of the molecule is CN(C)N(c1ccccc1)[C@@H]1CC(C#N)CN1c1ncnc2c1ncn2PI. The predicted molar refractivity (Wildman–Crippen MR) is 121 cm³/mol. The maximum absolute atomic E-state index is 9.63. The number of halogens is 1. The standard InChI is InChI=1S/C18H20IN8P/c1-24(2)27(14-6-4-3-5-7-14)15-8-13(9-20)10-25(15)17-16-18(22-11-21-17)26(28-19)12-23-16/h3-7,11-13,15,28H,8,10H2,1-2H3/t13?,15-/m1/s1. The van der Waals surface area contributed by atoms with Crippen LogP contribution in [0.1, 0.15) is 6.42 Å². The maximum Gasteiger partial charge on any atom is 0.169 e. The van der Waals surface area contributed by atoms with Crippen LogP contribution < -0.4 is 9.91 Å². The smallest absolute Gasteiger partial charge is 0.169 e. The molecule has 0 aliphatic carbocycles. The van der Waals surface area contributed by atoms with Gasteiger partial charge in [0.25, 0.3) is 0 Å². The van der Waals surface area contributed by atoms with Gasteiger partial charge in [-0.3, -0.25) is 9.35 Å². The minimum Gasteiger partial charge on any atom is -0.332 e. The molecule has 3 atom stereocenters. The molecule has 0 bridgehead atoms. The second-order valence-electron chi connectivity index (χ2n) is 6.79. The number of hydrogen-bond donors (Lipinski definition) is 0. The first kappa shape index (κ1) is 19.3. The van der Waals surface area contributed by atoms with E-state index in [0.717, 1.165) is 29.1 Å². The van der Waals surface area contributed by atoms with Gasteiger partial charge in [-0.05, 0) is 34.2 Å². The lowest BCUT2D eigenvalue weighted by Gasteiger charge is -2.40. The van der Waals surface area contributed by atoms with Crippen LogP contribution in [0.4, 0.5) is 11.5 Å². The summed E-state index contributed by atoms with van der Waals surface area (Å²) in [4.78, 5) is 15.8. The van der Waals surface area contributed by atoms with Gasteiger partial charge in [0, 0.05) is 27.1 Å². The molecular formula is C18H20IN8P. The molecule has 1 aliphatic rings. The Morgan fingerprint density at radius 2 is 2.00 bits per heavy atom. The highest BCUT2D eigenvalue weighted by atomic mass is 127. The monoisotopic (exact) mass is 506 g/mol. The third kappa shape index (κ3) is 3.41. The number of hydrogen-bond acceptors (Lipinski definition) is 7. The van der Waals surface area contributed by atoms with Crippen molar-refractivity contribution in [3.05, 3.63) is 43.0 Å². The highest BCUT2D eigenvalue weighted by molar-refractivity contribution is 14.2. The molecule has 0 amide bonds. The van der Waals surface area contributed by atoms with Crippen LogP contribution in [0.15, 0.2) is 43.0 Å². The fourth-order valence-corrected chi connectivity index (χ4v) is 5.12. The highest BCUT2D eigenvalue weighted by Crippen LogP contribution is 2.36. The number of benzene rings is 1. The van der Waals surface area contributed by atoms with E-state index in [1.807, 2.05) is 43.0 Å². The van der Waals surface area contributed by atoms with Crippen molar-refractivity contribution >= 4 is 51.1 Å². The van der Waals surface area contributed by atoms with E-state index in [0.29, 0.717) is 12.9 Å². The van der Waals surface area contributed by atoms with Crippen LogP contribution in [0.5, 0.6) is 0 Å². The average molecular weight is 506 g/mol. The number of para-hydroxylation sites is 1. The van der Waals surface area contributed by atoms with Crippen LogP contribution in [0.3, 0.4) is 0 Å². The maximum atomic E-state index is 9.63. The predicted octanol–water partition coefficient (Wildman–Crippen LogP) is 3.28. The van der Waals surface area contributed by atoms with Gasteiger partial charge in [0.15, 0.2) is 17.0 Å². The molecule has 0 saturated carbocycles. The number of fused-ring (bicyclic) bond motifs is 1. The van der Waals surface area contributed by atoms with Gasteiger partial charge in [0.2, 0.25) is 0 Å². The number of imidazole rings is 1. The van der Waals surface area contributed by atoms with Gasteiger partial charge < -0.3 is 4.90 Å². The Kier molecular flexibility index (Phi) is 5.62. The lowest BCUT2D eigenvalue weighted by Crippen LogP contribution is -2.51. The van der Waals surface area contributed by atoms with E-state index in [-0.39, 0.29) is 12.1 Å². The Morgan fingerprint density at radius 3 is 2.68 bits per heavy atom. The zero-order valence-electron chi connectivity index (χ0n) is 15.6. The fraction of sp³-hybridized carbons (Fsp3) is 0.333. The minimum atomic E-state index is -0.0743. The third-order valence-electron chi connectivity index (χ3n) is 4.87. The van der Waals surface area contributed by atoms with E-state index < -0.39 is 0 Å². The Morgan fingerprint density at radius 1 is 1.21 bits per heavy atom. The van der Waals surface area contributed by atoms with Crippen molar-refractivity contribution in [1.82, 2.24) is 24.3 Å². The van der Waals surface area contributed by atoms with E-state index >= 15 is 0 Å². The molecule has 3 heterocycles. The van der Waals surface area contributed by atoms with Crippen molar-refractivity contribution in [3.63, 3.8) is 0 Å². The fourth-order valence-electron chi connectivity index (χ4n) is 3.71. The largest absolute Gasteiger partial charge is 0.332 e. The van der Waals surface area contributed by atoms with Crippen LogP contribution in [0.2, 0.25) is 0 Å². The first-order chi connectivity index (χ1) is 13.6. The third-order valence-corrected chi connectivity index (χ3v) is 6.93. The summed E-state index contributed by atoms with van der Waals surface area (Å²) in [6, 6.07) is 12.7. The number of rotatable bonds is 5. The normalized spacial score (nSPS) is 19.8. The molecule has 10 heteroatoms. The topological polar surface area (TPSA) is 77.1 Å². The second kappa shape index (κ2) is 8.15. The lowest BCUT2D eigenvalue weighted by molar-refractivity contribution is 0.322. The minimum absolute atomic E-state index is 0.0349. The summed E-state index contributed by atoms with van der Waals surface area (Å²) in [5.74, 6) is 0.707. The van der Waals surface area contributed by atoms with Gasteiger partial charge in [-0.15, -0.1) is 0 Å². The van der Waals surface area contributed by atoms with Crippen molar-refractivity contribution in [2.75, 3.05) is 30.5 Å². The first-order valence-electron chi connectivity index (χ1n) is 8.86. The Bertz CT molecular complexity index is 1000. The molecule has 0 N–H and O–H groups in total. The van der Waals surface area contributed by atoms with Crippen LogP contribution in [-0.4, -0.2) is 51.1 Å². The van der Waals surface area contributed by atoms with E-state index in [9.17, 15) is 5.26 Å². The Balaban J connectivity index is 1.81. The number of nitrogens with zero attached hydrogens (tertiary/aromatic N) is 8. The van der Waals surface area contributed by atoms with Gasteiger partial charge in [0.1, 0.15) is 18.8 Å². The van der Waals surface area contributed by atoms with Crippen molar-refractivity contribution in [2.45, 2.75) is 12.6 Å². The molecule has 1 fully saturated rings. The van der Waals surface area contributed by atoms with Gasteiger partial charge in [-0.1, -0.05) is 18.2 Å². The summed E-state index contributed by atoms with van der Waals surface area (Å²) in [7, 11) is 4.04. The van der Waals surface area contributed by atoms with E-state index in [1.54, 1.807) is 6.33 Å². The average Bonchev–Trinajstić information content (AvgIpc) is 3.32. The molecule has 0 spiro atoms. The van der Waals surface area contributed by atoms with Crippen molar-refractivity contribution < 1.29 is 0 Å². The summed E-state index contributed by atoms with van der Waals surface area (Å²) in [5, 5.41) is 13.9. The molecular weight excluding hydrogens is 486 g/mol. The molecule has 2 aromatic heterocycles. The molecule has 1 saturated heterocycles. The highest BCUT2D eigenvalue weighted by Gasteiger charge is 2.39. The van der Waals surface area contributed by atoms with Gasteiger partial charge in [-0.25, -0.2) is 20.0 Å². The van der Waals surface area contributed by atoms with Gasteiger partial charge in [0.05, 0.1) is 24.0 Å². The second-order valence-corrected chi connectivity index (χ2v) is 8.89. The molecule has 8 nitrogen and oxygen atoms in total. The summed E-state index contributed by atoms with van der Waals surface area (Å²) < 4.78 is 2.02. The van der Waals surface area contributed by atoms with Crippen molar-refractivity contribution in [2.24, 2.45) is 5.92 Å². The van der Waals surface area contributed by atoms with Crippen molar-refractivity contribution in [1.29, 1.82) is 5.26 Å². The van der Waals surface area contributed by atoms with Crippen LogP contribution in [-0.2, 0) is 0 Å².